The van der Waals surface area contributed by atoms with Crippen molar-refractivity contribution in [3.05, 3.63) is 40.3 Å². The molecule has 0 aliphatic carbocycles. The Bertz CT molecular complexity index is 794. The zero-order chi connectivity index (χ0) is 17.6. The van der Waals surface area contributed by atoms with Gasteiger partial charge in [-0.05, 0) is 12.5 Å². The Morgan fingerprint density at radius 3 is 2.68 bits per heavy atom. The molecule has 0 saturated carbocycles. The van der Waals surface area contributed by atoms with Gasteiger partial charge in [-0.2, -0.15) is 5.10 Å². The highest BCUT2D eigenvalue weighted by Gasteiger charge is 2.23. The summed E-state index contributed by atoms with van der Waals surface area (Å²) in [5, 5.41) is 5.40. The van der Waals surface area contributed by atoms with Crippen LogP contribution in [0.2, 0.25) is 0 Å². The van der Waals surface area contributed by atoms with Crippen molar-refractivity contribution in [1.82, 2.24) is 9.78 Å². The lowest BCUT2D eigenvalue weighted by molar-refractivity contribution is -0.0163. The van der Waals surface area contributed by atoms with Gasteiger partial charge >= 0.3 is 5.97 Å². The highest BCUT2D eigenvalue weighted by Crippen LogP contribution is 2.18. The number of ether oxygens (including phenoxy) is 2. The lowest BCUT2D eigenvalue weighted by Crippen LogP contribution is -2.30. The molecule has 25 heavy (non-hydrogen) atoms. The van der Waals surface area contributed by atoms with Crippen LogP contribution in [0.15, 0.2) is 29.1 Å². The van der Waals surface area contributed by atoms with E-state index in [0.717, 1.165) is 19.3 Å². The summed E-state index contributed by atoms with van der Waals surface area (Å²) in [7, 11) is 0. The first-order chi connectivity index (χ1) is 12.2. The largest absolute Gasteiger partial charge is 0.457 e. The molecule has 1 fully saturated rings. The Kier molecular flexibility index (Phi) is 5.81. The molecule has 0 atom stereocenters. The van der Waals surface area contributed by atoms with Gasteiger partial charge in [0.05, 0.1) is 18.6 Å². The molecule has 1 aliphatic rings. The second-order valence-electron chi connectivity index (χ2n) is 6.35. The van der Waals surface area contributed by atoms with Crippen LogP contribution in [0.3, 0.4) is 0 Å². The van der Waals surface area contributed by atoms with E-state index < -0.39 is 5.97 Å². The summed E-state index contributed by atoms with van der Waals surface area (Å²) in [6, 6.07) is 7.09. The fraction of sp³-hybridized carbons (Fsp3) is 0.526. The summed E-state index contributed by atoms with van der Waals surface area (Å²) in [4.78, 5) is 25.3. The summed E-state index contributed by atoms with van der Waals surface area (Å²) < 4.78 is 12.3. The van der Waals surface area contributed by atoms with Crippen LogP contribution in [-0.4, -0.2) is 35.1 Å². The molecular formula is C19H24N2O4. The number of benzene rings is 1. The Morgan fingerprint density at radius 2 is 1.96 bits per heavy atom. The third kappa shape index (κ3) is 4.07. The molecule has 134 valence electrons. The van der Waals surface area contributed by atoms with Crippen molar-refractivity contribution in [2.24, 2.45) is 0 Å². The minimum atomic E-state index is -0.465. The van der Waals surface area contributed by atoms with E-state index in [0.29, 0.717) is 43.4 Å². The maximum absolute atomic E-state index is 12.7. The van der Waals surface area contributed by atoms with Crippen molar-refractivity contribution in [3.63, 3.8) is 0 Å². The number of carbonyl (C=O) groups excluding carboxylic acids is 1. The second kappa shape index (κ2) is 8.25. The van der Waals surface area contributed by atoms with E-state index >= 15 is 0 Å². The average molecular weight is 344 g/mol. The minimum Gasteiger partial charge on any atom is -0.457 e. The van der Waals surface area contributed by atoms with Crippen molar-refractivity contribution in [1.29, 1.82) is 0 Å². The van der Waals surface area contributed by atoms with Crippen molar-refractivity contribution < 1.29 is 14.3 Å². The molecule has 0 radical (unpaired) electrons. The number of carbonyl (C=O) groups is 1. The first-order valence-electron chi connectivity index (χ1n) is 8.99. The summed E-state index contributed by atoms with van der Waals surface area (Å²) in [5.74, 6) is -0.465. The smallest absolute Gasteiger partial charge is 0.359 e. The van der Waals surface area contributed by atoms with Crippen molar-refractivity contribution >= 4 is 16.7 Å². The minimum absolute atomic E-state index is 0.151. The number of hydrogen-bond donors (Lipinski definition) is 0. The molecule has 1 aliphatic heterocycles. The molecular weight excluding hydrogens is 320 g/mol. The Morgan fingerprint density at radius 1 is 1.24 bits per heavy atom. The van der Waals surface area contributed by atoms with Crippen LogP contribution in [0.5, 0.6) is 0 Å². The van der Waals surface area contributed by atoms with E-state index in [1.165, 1.54) is 4.68 Å². The van der Waals surface area contributed by atoms with E-state index in [-0.39, 0.29) is 17.4 Å². The van der Waals surface area contributed by atoms with Crippen LogP contribution in [0.25, 0.3) is 10.8 Å². The fourth-order valence-electron chi connectivity index (χ4n) is 3.05. The summed E-state index contributed by atoms with van der Waals surface area (Å²) in [6.07, 6.45) is 4.17. The standard InChI is InChI=1S/C19H24N2O4/c1-2-3-6-11-21-18(22)16-8-5-4-7-15(16)17(20-21)19(23)25-14-9-12-24-13-10-14/h4-5,7-8,14H,2-3,6,9-13H2,1H3. The molecule has 6 heteroatoms. The van der Waals surface area contributed by atoms with Crippen LogP contribution in [0.1, 0.15) is 49.5 Å². The molecule has 0 unspecified atom stereocenters. The van der Waals surface area contributed by atoms with Gasteiger partial charge in [-0.1, -0.05) is 38.0 Å². The van der Waals surface area contributed by atoms with Gasteiger partial charge in [-0.15, -0.1) is 0 Å². The average Bonchev–Trinajstić information content (AvgIpc) is 2.64. The lowest BCUT2D eigenvalue weighted by Gasteiger charge is -2.22. The predicted molar refractivity (Wildman–Crippen MR) is 94.8 cm³/mol. The van der Waals surface area contributed by atoms with Gasteiger partial charge < -0.3 is 9.47 Å². The molecule has 3 rings (SSSR count). The zero-order valence-electron chi connectivity index (χ0n) is 14.6. The highest BCUT2D eigenvalue weighted by molar-refractivity contribution is 6.02. The lowest BCUT2D eigenvalue weighted by atomic mass is 10.1. The first-order valence-corrected chi connectivity index (χ1v) is 8.99. The third-order valence-corrected chi connectivity index (χ3v) is 4.48. The van der Waals surface area contributed by atoms with E-state index in [4.69, 9.17) is 9.47 Å². The summed E-state index contributed by atoms with van der Waals surface area (Å²) in [5.41, 5.74) is 0.0625. The number of hydrogen-bond acceptors (Lipinski definition) is 5. The molecule has 6 nitrogen and oxygen atoms in total. The topological polar surface area (TPSA) is 70.4 Å². The molecule has 0 amide bonds. The molecule has 0 N–H and O–H groups in total. The normalized spacial score (nSPS) is 15.4. The second-order valence-corrected chi connectivity index (χ2v) is 6.35. The predicted octanol–water partition coefficient (Wildman–Crippen LogP) is 2.92. The van der Waals surface area contributed by atoms with E-state index in [2.05, 4.69) is 12.0 Å². The number of aryl methyl sites for hydroxylation is 1. The number of nitrogens with zero attached hydrogens (tertiary/aromatic N) is 2. The van der Waals surface area contributed by atoms with Gasteiger partial charge in [0.1, 0.15) is 6.10 Å². The molecule has 1 aromatic heterocycles. The maximum Gasteiger partial charge on any atom is 0.359 e. The molecule has 0 bridgehead atoms. The Balaban J connectivity index is 1.93. The monoisotopic (exact) mass is 344 g/mol. The van der Waals surface area contributed by atoms with Gasteiger partial charge in [0.15, 0.2) is 5.69 Å². The molecule has 2 heterocycles. The zero-order valence-corrected chi connectivity index (χ0v) is 14.6. The Labute approximate surface area is 146 Å². The summed E-state index contributed by atoms with van der Waals surface area (Å²) in [6.45, 7) is 3.81. The highest BCUT2D eigenvalue weighted by atomic mass is 16.6. The third-order valence-electron chi connectivity index (χ3n) is 4.48. The van der Waals surface area contributed by atoms with Gasteiger partial charge in [0.2, 0.25) is 0 Å². The molecule has 1 saturated heterocycles. The van der Waals surface area contributed by atoms with Gasteiger partial charge in [-0.3, -0.25) is 4.79 Å². The van der Waals surface area contributed by atoms with Gasteiger partial charge in [0, 0.05) is 24.8 Å². The van der Waals surface area contributed by atoms with Crippen LogP contribution in [0, 0.1) is 0 Å². The maximum atomic E-state index is 12.7. The number of aromatic nitrogens is 2. The van der Waals surface area contributed by atoms with Gasteiger partial charge in [0.25, 0.3) is 5.56 Å². The van der Waals surface area contributed by atoms with Crippen LogP contribution < -0.4 is 5.56 Å². The fourth-order valence-corrected chi connectivity index (χ4v) is 3.05. The Hall–Kier alpha value is -2.21. The first kappa shape index (κ1) is 17.6. The molecule has 0 spiro atoms. The van der Waals surface area contributed by atoms with Crippen LogP contribution in [-0.2, 0) is 16.0 Å². The van der Waals surface area contributed by atoms with Crippen molar-refractivity contribution in [2.45, 2.75) is 51.7 Å². The molecule has 1 aromatic carbocycles. The SMILES string of the molecule is CCCCCn1nc(C(=O)OC2CCOCC2)c2ccccc2c1=O. The van der Waals surface area contributed by atoms with E-state index in [1.54, 1.807) is 24.3 Å². The van der Waals surface area contributed by atoms with Crippen LogP contribution >= 0.6 is 0 Å². The quantitative estimate of drug-likeness (QED) is 0.595. The van der Waals surface area contributed by atoms with E-state index in [9.17, 15) is 9.59 Å². The number of unbranched alkanes of at least 4 members (excludes halogenated alkanes) is 2. The van der Waals surface area contributed by atoms with Gasteiger partial charge in [-0.25, -0.2) is 9.48 Å². The van der Waals surface area contributed by atoms with Crippen molar-refractivity contribution in [3.8, 4) is 0 Å². The number of esters is 1. The number of fused-ring (bicyclic) bond motifs is 1. The molecule has 2 aromatic rings. The van der Waals surface area contributed by atoms with Crippen LogP contribution in [0.4, 0.5) is 0 Å². The number of rotatable bonds is 6. The summed E-state index contributed by atoms with van der Waals surface area (Å²) >= 11 is 0. The van der Waals surface area contributed by atoms with E-state index in [1.807, 2.05) is 0 Å². The van der Waals surface area contributed by atoms with Crippen molar-refractivity contribution in [2.75, 3.05) is 13.2 Å².